The van der Waals surface area contributed by atoms with E-state index < -0.39 is 6.10 Å². The molecule has 0 bridgehead atoms. The van der Waals surface area contributed by atoms with Crippen molar-refractivity contribution in [2.24, 2.45) is 0 Å². The summed E-state index contributed by atoms with van der Waals surface area (Å²) >= 11 is 5.95. The summed E-state index contributed by atoms with van der Waals surface area (Å²) in [6.07, 6.45) is -0.638. The standard InChI is InChI=1S/C17H17ClFNO2/c1-11-9-15(7-8-16(11)18)22-12(2)17(21)20-10-13-3-5-14(19)6-4-13/h3-9,12H,10H2,1-2H3,(H,20,21)/t12-/m0/s1. The predicted molar refractivity (Wildman–Crippen MR) is 84.5 cm³/mol. The molecule has 22 heavy (non-hydrogen) atoms. The molecule has 0 radical (unpaired) electrons. The van der Waals surface area contributed by atoms with Crippen molar-refractivity contribution >= 4 is 17.5 Å². The third-order valence-electron chi connectivity index (χ3n) is 3.19. The molecular formula is C17H17ClFNO2. The monoisotopic (exact) mass is 321 g/mol. The first kappa shape index (κ1) is 16.3. The van der Waals surface area contributed by atoms with Crippen LogP contribution in [0.4, 0.5) is 4.39 Å². The van der Waals surface area contributed by atoms with Gasteiger partial charge in [0, 0.05) is 11.6 Å². The van der Waals surface area contributed by atoms with Crippen LogP contribution in [0.3, 0.4) is 0 Å². The Kier molecular flexibility index (Phi) is 5.39. The Labute approximate surface area is 134 Å². The zero-order chi connectivity index (χ0) is 16.1. The summed E-state index contributed by atoms with van der Waals surface area (Å²) in [6.45, 7) is 3.87. The molecular weight excluding hydrogens is 305 g/mol. The van der Waals surface area contributed by atoms with Crippen molar-refractivity contribution in [3.63, 3.8) is 0 Å². The normalized spacial score (nSPS) is 11.8. The van der Waals surface area contributed by atoms with Gasteiger partial charge in [-0.15, -0.1) is 0 Å². The molecule has 2 aromatic rings. The molecule has 0 aliphatic rings. The van der Waals surface area contributed by atoms with Crippen LogP contribution < -0.4 is 10.1 Å². The lowest BCUT2D eigenvalue weighted by Gasteiger charge is -2.15. The third kappa shape index (κ3) is 4.46. The van der Waals surface area contributed by atoms with E-state index in [0.29, 0.717) is 17.3 Å². The zero-order valence-electron chi connectivity index (χ0n) is 12.4. The van der Waals surface area contributed by atoms with Crippen molar-refractivity contribution < 1.29 is 13.9 Å². The van der Waals surface area contributed by atoms with Gasteiger partial charge in [-0.05, 0) is 55.3 Å². The van der Waals surface area contributed by atoms with Crippen molar-refractivity contribution in [2.75, 3.05) is 0 Å². The zero-order valence-corrected chi connectivity index (χ0v) is 13.2. The Balaban J connectivity index is 1.88. The molecule has 0 aliphatic carbocycles. The second-order valence-corrected chi connectivity index (χ2v) is 5.42. The summed E-state index contributed by atoms with van der Waals surface area (Å²) in [5, 5.41) is 3.41. The van der Waals surface area contributed by atoms with E-state index in [1.165, 1.54) is 12.1 Å². The van der Waals surface area contributed by atoms with Crippen LogP contribution in [0.25, 0.3) is 0 Å². The van der Waals surface area contributed by atoms with Gasteiger partial charge in [-0.2, -0.15) is 0 Å². The molecule has 0 aromatic heterocycles. The molecule has 0 fully saturated rings. The number of aryl methyl sites for hydroxylation is 1. The van der Waals surface area contributed by atoms with E-state index in [2.05, 4.69) is 5.32 Å². The number of carbonyl (C=O) groups excluding carboxylic acids is 1. The van der Waals surface area contributed by atoms with Crippen molar-refractivity contribution in [3.8, 4) is 5.75 Å². The maximum atomic E-state index is 12.8. The lowest BCUT2D eigenvalue weighted by Crippen LogP contribution is -2.35. The van der Waals surface area contributed by atoms with E-state index in [0.717, 1.165) is 11.1 Å². The van der Waals surface area contributed by atoms with Crippen LogP contribution in [0.1, 0.15) is 18.1 Å². The van der Waals surface area contributed by atoms with Crippen molar-refractivity contribution in [1.82, 2.24) is 5.32 Å². The number of amides is 1. The fourth-order valence-corrected chi connectivity index (χ4v) is 2.00. The number of carbonyl (C=O) groups is 1. The first-order valence-corrected chi connectivity index (χ1v) is 7.28. The quantitative estimate of drug-likeness (QED) is 0.907. The van der Waals surface area contributed by atoms with Crippen LogP contribution in [-0.2, 0) is 11.3 Å². The first-order chi connectivity index (χ1) is 10.5. The van der Waals surface area contributed by atoms with Gasteiger partial charge in [0.05, 0.1) is 0 Å². The van der Waals surface area contributed by atoms with Gasteiger partial charge in [0.2, 0.25) is 0 Å². The summed E-state index contributed by atoms with van der Waals surface area (Å²) in [5.74, 6) is 0.0492. The number of nitrogens with one attached hydrogen (secondary N) is 1. The van der Waals surface area contributed by atoms with E-state index in [1.54, 1.807) is 37.3 Å². The SMILES string of the molecule is Cc1cc(O[C@@H](C)C(=O)NCc2ccc(F)cc2)ccc1Cl. The predicted octanol–water partition coefficient (Wildman–Crippen LogP) is 3.87. The number of rotatable bonds is 5. The highest BCUT2D eigenvalue weighted by atomic mass is 35.5. The molecule has 5 heteroatoms. The Morgan fingerprint density at radius 1 is 1.27 bits per heavy atom. The third-order valence-corrected chi connectivity index (χ3v) is 3.62. The number of benzene rings is 2. The summed E-state index contributed by atoms with van der Waals surface area (Å²) in [4.78, 5) is 12.0. The van der Waals surface area contributed by atoms with E-state index in [4.69, 9.17) is 16.3 Å². The minimum absolute atomic E-state index is 0.239. The van der Waals surface area contributed by atoms with E-state index >= 15 is 0 Å². The van der Waals surface area contributed by atoms with Gasteiger partial charge in [-0.1, -0.05) is 23.7 Å². The van der Waals surface area contributed by atoms with Gasteiger partial charge in [0.1, 0.15) is 11.6 Å². The number of hydrogen-bond donors (Lipinski definition) is 1. The Morgan fingerprint density at radius 2 is 1.95 bits per heavy atom. The molecule has 0 saturated carbocycles. The van der Waals surface area contributed by atoms with Crippen LogP contribution in [0.5, 0.6) is 5.75 Å². The van der Waals surface area contributed by atoms with Gasteiger partial charge in [0.15, 0.2) is 6.10 Å². The lowest BCUT2D eigenvalue weighted by atomic mass is 10.2. The smallest absolute Gasteiger partial charge is 0.261 e. The van der Waals surface area contributed by atoms with E-state index in [9.17, 15) is 9.18 Å². The molecule has 1 N–H and O–H groups in total. The fourth-order valence-electron chi connectivity index (χ4n) is 1.88. The minimum atomic E-state index is -0.638. The second kappa shape index (κ2) is 7.27. The van der Waals surface area contributed by atoms with E-state index in [1.807, 2.05) is 6.92 Å². The summed E-state index contributed by atoms with van der Waals surface area (Å²) in [5.41, 5.74) is 1.71. The molecule has 0 spiro atoms. The van der Waals surface area contributed by atoms with Crippen LogP contribution >= 0.6 is 11.6 Å². The Bertz CT molecular complexity index is 658. The highest BCUT2D eigenvalue weighted by Gasteiger charge is 2.14. The molecule has 1 atom stereocenters. The lowest BCUT2D eigenvalue weighted by molar-refractivity contribution is -0.127. The topological polar surface area (TPSA) is 38.3 Å². The van der Waals surface area contributed by atoms with Crippen molar-refractivity contribution in [1.29, 1.82) is 0 Å². The highest BCUT2D eigenvalue weighted by molar-refractivity contribution is 6.31. The highest BCUT2D eigenvalue weighted by Crippen LogP contribution is 2.21. The van der Waals surface area contributed by atoms with E-state index in [-0.39, 0.29) is 11.7 Å². The number of ether oxygens (including phenoxy) is 1. The molecule has 0 heterocycles. The Morgan fingerprint density at radius 3 is 2.59 bits per heavy atom. The summed E-state index contributed by atoms with van der Waals surface area (Å²) < 4.78 is 18.4. The fraction of sp³-hybridized carbons (Fsp3) is 0.235. The molecule has 1 amide bonds. The van der Waals surface area contributed by atoms with Gasteiger partial charge < -0.3 is 10.1 Å². The second-order valence-electron chi connectivity index (χ2n) is 5.02. The Hall–Kier alpha value is -2.07. The van der Waals surface area contributed by atoms with Crippen molar-refractivity contribution in [3.05, 3.63) is 64.4 Å². The number of hydrogen-bond acceptors (Lipinski definition) is 2. The molecule has 3 nitrogen and oxygen atoms in total. The molecule has 2 aromatic carbocycles. The average molecular weight is 322 g/mol. The molecule has 0 unspecified atom stereocenters. The molecule has 0 saturated heterocycles. The van der Waals surface area contributed by atoms with Crippen LogP contribution in [0.15, 0.2) is 42.5 Å². The summed E-state index contributed by atoms with van der Waals surface area (Å²) in [6, 6.07) is 11.2. The maximum Gasteiger partial charge on any atom is 0.261 e. The largest absolute Gasteiger partial charge is 0.481 e. The maximum absolute atomic E-state index is 12.8. The molecule has 116 valence electrons. The summed E-state index contributed by atoms with van der Waals surface area (Å²) in [7, 11) is 0. The van der Waals surface area contributed by atoms with Gasteiger partial charge in [-0.25, -0.2) is 4.39 Å². The minimum Gasteiger partial charge on any atom is -0.481 e. The molecule has 0 aliphatic heterocycles. The van der Waals surface area contributed by atoms with Gasteiger partial charge >= 0.3 is 0 Å². The number of halogens is 2. The van der Waals surface area contributed by atoms with Crippen LogP contribution in [0, 0.1) is 12.7 Å². The molecule has 2 rings (SSSR count). The van der Waals surface area contributed by atoms with Crippen LogP contribution in [0.2, 0.25) is 5.02 Å². The van der Waals surface area contributed by atoms with Gasteiger partial charge in [-0.3, -0.25) is 4.79 Å². The van der Waals surface area contributed by atoms with Crippen LogP contribution in [-0.4, -0.2) is 12.0 Å². The first-order valence-electron chi connectivity index (χ1n) is 6.90. The van der Waals surface area contributed by atoms with Gasteiger partial charge in [0.25, 0.3) is 5.91 Å². The van der Waals surface area contributed by atoms with Crippen molar-refractivity contribution in [2.45, 2.75) is 26.5 Å². The average Bonchev–Trinajstić information content (AvgIpc) is 2.50.